The first-order chi connectivity index (χ1) is 10.1. The van der Waals surface area contributed by atoms with E-state index in [0.717, 1.165) is 31.6 Å². The highest BCUT2D eigenvalue weighted by Crippen LogP contribution is 2.21. The number of nitrogens with zero attached hydrogens (tertiary/aromatic N) is 1. The fraction of sp³-hybridized carbons (Fsp3) is 0.529. The van der Waals surface area contributed by atoms with E-state index in [9.17, 15) is 4.39 Å². The molecule has 21 heavy (non-hydrogen) atoms. The Balaban J connectivity index is 2.06. The molecule has 1 saturated heterocycles. The van der Waals surface area contributed by atoms with Crippen LogP contribution in [0.1, 0.15) is 24.5 Å². The van der Waals surface area contributed by atoms with Gasteiger partial charge < -0.3 is 10.5 Å². The molecule has 0 aromatic heterocycles. The number of hydrogen-bond donors (Lipinski definition) is 1. The maximum absolute atomic E-state index is 13.7. The van der Waals surface area contributed by atoms with Gasteiger partial charge in [-0.1, -0.05) is 24.8 Å². The van der Waals surface area contributed by atoms with E-state index < -0.39 is 0 Å². The molecule has 0 aliphatic carbocycles. The highest BCUT2D eigenvalue weighted by atomic mass is 19.1. The van der Waals surface area contributed by atoms with Crippen LogP contribution in [-0.2, 0) is 11.3 Å². The fourth-order valence-electron chi connectivity index (χ4n) is 2.72. The van der Waals surface area contributed by atoms with Crippen LogP contribution >= 0.6 is 0 Å². The molecule has 1 aromatic rings. The summed E-state index contributed by atoms with van der Waals surface area (Å²) in [5.74, 6) is 5.78. The monoisotopic (exact) mass is 290 g/mol. The van der Waals surface area contributed by atoms with Gasteiger partial charge in [-0.15, -0.1) is 0 Å². The van der Waals surface area contributed by atoms with Crippen LogP contribution in [0, 0.1) is 23.6 Å². The van der Waals surface area contributed by atoms with E-state index in [1.54, 1.807) is 7.11 Å². The van der Waals surface area contributed by atoms with Gasteiger partial charge in [-0.2, -0.15) is 0 Å². The quantitative estimate of drug-likeness (QED) is 0.865. The second-order valence-electron chi connectivity index (χ2n) is 5.60. The first-order valence-electron chi connectivity index (χ1n) is 7.36. The minimum atomic E-state index is -0.290. The lowest BCUT2D eigenvalue weighted by Gasteiger charge is -2.36. The average Bonchev–Trinajstić information content (AvgIpc) is 2.49. The maximum atomic E-state index is 13.7. The standard InChI is InChI=1S/C17H23FN2O/c1-13-7-9-20(12-17(13)21-2)11-14-5-6-16(18)15(10-14)4-3-8-19/h5-6,10,13,17H,7-9,11-12,19H2,1-2H3. The van der Waals surface area contributed by atoms with Crippen LogP contribution < -0.4 is 5.73 Å². The number of rotatable bonds is 3. The second kappa shape index (κ2) is 7.56. The van der Waals surface area contributed by atoms with Crippen LogP contribution in [0.5, 0.6) is 0 Å². The van der Waals surface area contributed by atoms with Crippen molar-refractivity contribution in [2.45, 2.75) is 26.0 Å². The molecule has 0 radical (unpaired) electrons. The Hall–Kier alpha value is -1.41. The van der Waals surface area contributed by atoms with Crippen LogP contribution in [0.3, 0.4) is 0 Å². The summed E-state index contributed by atoms with van der Waals surface area (Å²) < 4.78 is 19.2. The molecule has 0 spiro atoms. The van der Waals surface area contributed by atoms with Crippen LogP contribution in [0.25, 0.3) is 0 Å². The molecular formula is C17H23FN2O. The Kier molecular flexibility index (Phi) is 5.75. The first-order valence-corrected chi connectivity index (χ1v) is 7.36. The van der Waals surface area contributed by atoms with Crippen molar-refractivity contribution in [2.24, 2.45) is 11.7 Å². The van der Waals surface area contributed by atoms with Gasteiger partial charge in [0.15, 0.2) is 0 Å². The van der Waals surface area contributed by atoms with Gasteiger partial charge in [0, 0.05) is 20.2 Å². The lowest BCUT2D eigenvalue weighted by atomic mass is 9.95. The van der Waals surface area contributed by atoms with Gasteiger partial charge >= 0.3 is 0 Å². The molecule has 2 N–H and O–H groups in total. The summed E-state index contributed by atoms with van der Waals surface area (Å²) in [7, 11) is 1.77. The molecule has 1 heterocycles. The van der Waals surface area contributed by atoms with Crippen molar-refractivity contribution in [3.05, 3.63) is 35.1 Å². The predicted octanol–water partition coefficient (Wildman–Crippen LogP) is 1.99. The Bertz CT molecular complexity index is 535. The Morgan fingerprint density at radius 1 is 1.48 bits per heavy atom. The predicted molar refractivity (Wildman–Crippen MR) is 82.2 cm³/mol. The number of likely N-dealkylation sites (tertiary alicyclic amines) is 1. The molecule has 3 nitrogen and oxygen atoms in total. The minimum absolute atomic E-state index is 0.239. The summed E-state index contributed by atoms with van der Waals surface area (Å²) in [4.78, 5) is 2.35. The molecule has 0 saturated carbocycles. The van der Waals surface area contributed by atoms with E-state index >= 15 is 0 Å². The van der Waals surface area contributed by atoms with Crippen molar-refractivity contribution in [1.29, 1.82) is 0 Å². The van der Waals surface area contributed by atoms with Crippen molar-refractivity contribution >= 4 is 0 Å². The molecule has 1 aliphatic rings. The molecule has 1 fully saturated rings. The Morgan fingerprint density at radius 3 is 3.00 bits per heavy atom. The summed E-state index contributed by atoms with van der Waals surface area (Å²) in [5, 5.41) is 0. The van der Waals surface area contributed by atoms with E-state index in [0.29, 0.717) is 11.5 Å². The summed E-state index contributed by atoms with van der Waals surface area (Å²) in [6, 6.07) is 5.12. The lowest BCUT2D eigenvalue weighted by Crippen LogP contribution is -2.43. The first kappa shape index (κ1) is 16.0. The molecule has 114 valence electrons. The van der Waals surface area contributed by atoms with Crippen LogP contribution in [0.15, 0.2) is 18.2 Å². The van der Waals surface area contributed by atoms with Gasteiger partial charge in [0.05, 0.1) is 18.2 Å². The normalized spacial score (nSPS) is 22.7. The molecule has 2 unspecified atom stereocenters. The Morgan fingerprint density at radius 2 is 2.29 bits per heavy atom. The molecular weight excluding hydrogens is 267 g/mol. The SMILES string of the molecule is COC1CN(Cc2ccc(F)c(C#CCN)c2)CCC1C. The van der Waals surface area contributed by atoms with Gasteiger partial charge in [-0.05, 0) is 36.6 Å². The van der Waals surface area contributed by atoms with E-state index in [1.807, 2.05) is 12.1 Å². The van der Waals surface area contributed by atoms with Gasteiger partial charge in [0.1, 0.15) is 5.82 Å². The summed E-state index contributed by atoms with van der Waals surface area (Å²) >= 11 is 0. The molecule has 4 heteroatoms. The van der Waals surface area contributed by atoms with Gasteiger partial charge in [0.2, 0.25) is 0 Å². The third-order valence-electron chi connectivity index (χ3n) is 4.04. The number of benzene rings is 1. The topological polar surface area (TPSA) is 38.5 Å². The lowest BCUT2D eigenvalue weighted by molar-refractivity contribution is -0.00745. The highest BCUT2D eigenvalue weighted by Gasteiger charge is 2.25. The van der Waals surface area contributed by atoms with Crippen LogP contribution in [0.4, 0.5) is 4.39 Å². The highest BCUT2D eigenvalue weighted by molar-refractivity contribution is 5.38. The summed E-state index contributed by atoms with van der Waals surface area (Å²) in [6.45, 7) is 5.22. The smallest absolute Gasteiger partial charge is 0.138 e. The molecule has 0 bridgehead atoms. The van der Waals surface area contributed by atoms with E-state index in [-0.39, 0.29) is 18.5 Å². The van der Waals surface area contributed by atoms with Crippen molar-refractivity contribution in [3.63, 3.8) is 0 Å². The van der Waals surface area contributed by atoms with E-state index in [4.69, 9.17) is 10.5 Å². The number of halogens is 1. The van der Waals surface area contributed by atoms with Crippen LogP contribution in [0.2, 0.25) is 0 Å². The number of piperidine rings is 1. The van der Waals surface area contributed by atoms with Gasteiger partial charge in [-0.25, -0.2) is 4.39 Å². The van der Waals surface area contributed by atoms with Crippen molar-refractivity contribution in [2.75, 3.05) is 26.7 Å². The van der Waals surface area contributed by atoms with Crippen molar-refractivity contribution < 1.29 is 9.13 Å². The van der Waals surface area contributed by atoms with Crippen molar-refractivity contribution in [1.82, 2.24) is 4.90 Å². The average molecular weight is 290 g/mol. The third kappa shape index (κ3) is 4.28. The molecule has 0 amide bonds. The van der Waals surface area contributed by atoms with E-state index in [1.165, 1.54) is 6.07 Å². The second-order valence-corrected chi connectivity index (χ2v) is 5.60. The van der Waals surface area contributed by atoms with E-state index in [2.05, 4.69) is 23.7 Å². The zero-order chi connectivity index (χ0) is 15.2. The van der Waals surface area contributed by atoms with Gasteiger partial charge in [-0.3, -0.25) is 4.90 Å². The Labute approximate surface area is 126 Å². The number of methoxy groups -OCH3 is 1. The zero-order valence-corrected chi connectivity index (χ0v) is 12.7. The molecule has 2 rings (SSSR count). The minimum Gasteiger partial charge on any atom is -0.380 e. The van der Waals surface area contributed by atoms with Gasteiger partial charge in [0.25, 0.3) is 0 Å². The number of nitrogens with two attached hydrogens (primary N) is 1. The molecule has 1 aliphatic heterocycles. The van der Waals surface area contributed by atoms with Crippen molar-refractivity contribution in [3.8, 4) is 11.8 Å². The maximum Gasteiger partial charge on any atom is 0.138 e. The molecule has 1 aromatic carbocycles. The number of hydrogen-bond acceptors (Lipinski definition) is 3. The number of ether oxygens (including phenoxy) is 1. The third-order valence-corrected chi connectivity index (χ3v) is 4.04. The molecule has 2 atom stereocenters. The largest absolute Gasteiger partial charge is 0.380 e. The fourth-order valence-corrected chi connectivity index (χ4v) is 2.72. The summed E-state index contributed by atoms with van der Waals surface area (Å²) in [6.07, 6.45) is 1.40. The summed E-state index contributed by atoms with van der Waals surface area (Å²) in [5.41, 5.74) is 6.83. The van der Waals surface area contributed by atoms with Crippen LogP contribution in [-0.4, -0.2) is 37.7 Å². The zero-order valence-electron chi connectivity index (χ0n) is 12.7.